The Morgan fingerprint density at radius 3 is 2.46 bits per heavy atom. The summed E-state index contributed by atoms with van der Waals surface area (Å²) < 4.78 is 4.96. The van der Waals surface area contributed by atoms with E-state index in [0.29, 0.717) is 27.0 Å². The Morgan fingerprint density at radius 1 is 1.11 bits per heavy atom. The van der Waals surface area contributed by atoms with Crippen molar-refractivity contribution < 1.29 is 24.0 Å². The number of carbonyl (C=O) groups excluding carboxylic acids is 3. The summed E-state index contributed by atoms with van der Waals surface area (Å²) in [5.41, 5.74) is 1.10. The van der Waals surface area contributed by atoms with Crippen LogP contribution in [0.1, 0.15) is 12.5 Å². The molecule has 7 nitrogen and oxygen atoms in total. The molecule has 0 radical (unpaired) electrons. The van der Waals surface area contributed by atoms with E-state index < -0.39 is 29.8 Å². The lowest BCUT2D eigenvalue weighted by molar-refractivity contribution is -0.132. The van der Waals surface area contributed by atoms with Gasteiger partial charge in [-0.3, -0.25) is 14.4 Å². The minimum atomic E-state index is -1.05. The van der Waals surface area contributed by atoms with Crippen molar-refractivity contribution in [1.29, 1.82) is 0 Å². The molecule has 0 unspecified atom stereocenters. The van der Waals surface area contributed by atoms with Crippen LogP contribution in [0.2, 0.25) is 10.0 Å². The summed E-state index contributed by atoms with van der Waals surface area (Å²) in [5, 5.41) is 4.66. The zero-order chi connectivity index (χ0) is 20.0. The molecule has 28 heavy (non-hydrogen) atoms. The average molecular weight is 419 g/mol. The lowest BCUT2D eigenvalue weighted by Gasteiger charge is -2.16. The van der Waals surface area contributed by atoms with E-state index in [-0.39, 0.29) is 5.71 Å². The summed E-state index contributed by atoms with van der Waals surface area (Å²) in [6.07, 6.45) is -1.05. The topological polar surface area (TPSA) is 85.3 Å². The molecule has 2 aliphatic rings. The number of carbonyl (C=O) groups is 3. The number of oxime groups is 1. The quantitative estimate of drug-likeness (QED) is 0.433. The van der Waals surface area contributed by atoms with E-state index in [1.807, 2.05) is 0 Å². The third-order valence-corrected chi connectivity index (χ3v) is 4.92. The fraction of sp³-hybridized carbons (Fsp3) is 0.158. The molecule has 0 aromatic heterocycles. The van der Waals surface area contributed by atoms with Crippen molar-refractivity contribution in [2.75, 3.05) is 4.90 Å². The van der Waals surface area contributed by atoms with Crippen LogP contribution < -0.4 is 9.64 Å². The standard InChI is InChI=1S/C19H12Cl2N2O5/c1-9(24)27-12-5-3-11(4-6-12)23-18(25)15-16(22-28-17(15)19(23)26)13-7-2-10(20)8-14(13)21/h2-8,15,17H,1H3/t15-,17+/m1/s1. The monoisotopic (exact) mass is 418 g/mol. The molecule has 142 valence electrons. The highest BCUT2D eigenvalue weighted by Crippen LogP contribution is 2.37. The van der Waals surface area contributed by atoms with E-state index >= 15 is 0 Å². The number of amides is 2. The Kier molecular flexibility index (Phi) is 4.56. The number of fused-ring (bicyclic) bond motifs is 1. The number of imide groups is 1. The van der Waals surface area contributed by atoms with Gasteiger partial charge in [-0.25, -0.2) is 4.90 Å². The molecule has 0 saturated carbocycles. The molecule has 0 bridgehead atoms. The smallest absolute Gasteiger partial charge is 0.308 e. The van der Waals surface area contributed by atoms with E-state index in [1.165, 1.54) is 37.3 Å². The number of hydrogen-bond acceptors (Lipinski definition) is 6. The Bertz CT molecular complexity index is 1040. The van der Waals surface area contributed by atoms with Crippen molar-refractivity contribution in [1.82, 2.24) is 0 Å². The van der Waals surface area contributed by atoms with Gasteiger partial charge in [-0.15, -0.1) is 0 Å². The predicted molar refractivity (Wildman–Crippen MR) is 102 cm³/mol. The third-order valence-electron chi connectivity index (χ3n) is 4.38. The fourth-order valence-electron chi connectivity index (χ4n) is 3.18. The van der Waals surface area contributed by atoms with Crippen LogP contribution in [0.3, 0.4) is 0 Å². The van der Waals surface area contributed by atoms with E-state index in [0.717, 1.165) is 4.90 Å². The van der Waals surface area contributed by atoms with Crippen molar-refractivity contribution in [3.63, 3.8) is 0 Å². The first-order chi connectivity index (χ1) is 13.4. The van der Waals surface area contributed by atoms with Gasteiger partial charge in [0.1, 0.15) is 17.4 Å². The van der Waals surface area contributed by atoms with Gasteiger partial charge in [0.25, 0.3) is 5.91 Å². The van der Waals surface area contributed by atoms with Gasteiger partial charge in [0, 0.05) is 17.5 Å². The van der Waals surface area contributed by atoms with Crippen molar-refractivity contribution in [3.8, 4) is 5.75 Å². The van der Waals surface area contributed by atoms with Crippen molar-refractivity contribution in [2.45, 2.75) is 13.0 Å². The SMILES string of the molecule is CC(=O)Oc1ccc(N2C(=O)[C@@H]3C(c4ccc(Cl)cc4Cl)=NO[C@@H]3C2=O)cc1. The first-order valence-corrected chi connectivity index (χ1v) is 8.98. The molecule has 4 rings (SSSR count). The first kappa shape index (κ1) is 18.5. The lowest BCUT2D eigenvalue weighted by Crippen LogP contribution is -2.33. The van der Waals surface area contributed by atoms with Crippen LogP contribution in [-0.4, -0.2) is 29.6 Å². The van der Waals surface area contributed by atoms with Crippen molar-refractivity contribution >= 4 is 52.4 Å². The van der Waals surface area contributed by atoms with Crippen LogP contribution in [0, 0.1) is 5.92 Å². The van der Waals surface area contributed by atoms with Gasteiger partial charge in [-0.05, 0) is 36.4 Å². The van der Waals surface area contributed by atoms with Crippen LogP contribution in [0.25, 0.3) is 0 Å². The van der Waals surface area contributed by atoms with E-state index in [4.69, 9.17) is 32.8 Å². The normalized spacial score (nSPS) is 20.7. The molecule has 9 heteroatoms. The second kappa shape index (κ2) is 6.92. The Labute approximate surface area is 169 Å². The maximum atomic E-state index is 13.0. The molecular weight excluding hydrogens is 407 g/mol. The van der Waals surface area contributed by atoms with Crippen LogP contribution in [-0.2, 0) is 19.2 Å². The summed E-state index contributed by atoms with van der Waals surface area (Å²) in [7, 11) is 0. The van der Waals surface area contributed by atoms with Crippen LogP contribution in [0.15, 0.2) is 47.6 Å². The fourth-order valence-corrected chi connectivity index (χ4v) is 3.69. The summed E-state index contributed by atoms with van der Waals surface area (Å²) in [5.74, 6) is -2.07. The highest BCUT2D eigenvalue weighted by atomic mass is 35.5. The number of halogens is 2. The molecule has 1 fully saturated rings. The summed E-state index contributed by atoms with van der Waals surface area (Å²) in [4.78, 5) is 43.1. The molecule has 0 aliphatic carbocycles. The van der Waals surface area contributed by atoms with E-state index in [9.17, 15) is 14.4 Å². The number of rotatable bonds is 3. The zero-order valence-corrected chi connectivity index (χ0v) is 15.9. The number of nitrogens with zero attached hydrogens (tertiary/aromatic N) is 2. The van der Waals surface area contributed by atoms with Gasteiger partial charge in [0.15, 0.2) is 0 Å². The minimum Gasteiger partial charge on any atom is -0.427 e. The highest BCUT2D eigenvalue weighted by Gasteiger charge is 2.56. The van der Waals surface area contributed by atoms with Crippen LogP contribution in [0.5, 0.6) is 5.75 Å². The minimum absolute atomic E-state index is 0.282. The van der Waals surface area contributed by atoms with Gasteiger partial charge >= 0.3 is 5.97 Å². The zero-order valence-electron chi connectivity index (χ0n) is 14.4. The number of esters is 1. The molecule has 2 aromatic rings. The molecule has 2 aliphatic heterocycles. The van der Waals surface area contributed by atoms with Crippen molar-refractivity contribution in [2.24, 2.45) is 11.1 Å². The Hall–Kier alpha value is -2.90. The van der Waals surface area contributed by atoms with Gasteiger partial charge in [-0.1, -0.05) is 34.4 Å². The molecule has 0 spiro atoms. The van der Waals surface area contributed by atoms with E-state index in [2.05, 4.69) is 5.16 Å². The number of anilines is 1. The Balaban J connectivity index is 1.64. The number of ether oxygens (including phenoxy) is 1. The molecule has 1 saturated heterocycles. The molecule has 2 atom stereocenters. The summed E-state index contributed by atoms with van der Waals surface area (Å²) in [6.45, 7) is 1.28. The van der Waals surface area contributed by atoms with Gasteiger partial charge in [0.2, 0.25) is 12.0 Å². The highest BCUT2D eigenvalue weighted by molar-refractivity contribution is 6.39. The van der Waals surface area contributed by atoms with E-state index in [1.54, 1.807) is 12.1 Å². The average Bonchev–Trinajstić information content (AvgIpc) is 3.16. The summed E-state index contributed by atoms with van der Waals surface area (Å²) in [6, 6.07) is 10.8. The predicted octanol–water partition coefficient (Wildman–Crippen LogP) is 3.21. The molecule has 0 N–H and O–H groups in total. The van der Waals surface area contributed by atoms with Gasteiger partial charge in [0.05, 0.1) is 10.7 Å². The summed E-state index contributed by atoms with van der Waals surface area (Å²) >= 11 is 12.1. The maximum Gasteiger partial charge on any atom is 0.308 e. The lowest BCUT2D eigenvalue weighted by atomic mass is 9.94. The van der Waals surface area contributed by atoms with Crippen LogP contribution in [0.4, 0.5) is 5.69 Å². The third kappa shape index (κ3) is 3.02. The molecule has 2 heterocycles. The second-order valence-corrected chi connectivity index (χ2v) is 7.05. The number of benzene rings is 2. The number of hydrogen-bond donors (Lipinski definition) is 0. The largest absolute Gasteiger partial charge is 0.427 e. The second-order valence-electron chi connectivity index (χ2n) is 6.20. The van der Waals surface area contributed by atoms with Crippen molar-refractivity contribution in [3.05, 3.63) is 58.1 Å². The molecule has 2 amide bonds. The maximum absolute atomic E-state index is 13.0. The van der Waals surface area contributed by atoms with Crippen LogP contribution >= 0.6 is 23.2 Å². The molecular formula is C19H12Cl2N2O5. The molecule has 2 aromatic carbocycles. The Morgan fingerprint density at radius 2 is 1.82 bits per heavy atom. The van der Waals surface area contributed by atoms with Gasteiger partial charge in [-0.2, -0.15) is 0 Å². The first-order valence-electron chi connectivity index (χ1n) is 8.22. The van der Waals surface area contributed by atoms with Gasteiger partial charge < -0.3 is 9.57 Å².